The van der Waals surface area contributed by atoms with Crippen molar-refractivity contribution in [3.8, 4) is 11.5 Å². The minimum atomic E-state index is -0.581. The highest BCUT2D eigenvalue weighted by Gasteiger charge is 2.29. The number of likely N-dealkylation sites (tertiary alicyclic amines) is 1. The van der Waals surface area contributed by atoms with Gasteiger partial charge in [0.05, 0.1) is 18.0 Å². The number of benzene rings is 3. The minimum absolute atomic E-state index is 0.220. The maximum absolute atomic E-state index is 10.8. The molecule has 0 radical (unpaired) electrons. The zero-order chi connectivity index (χ0) is 27.0. The molecule has 204 valence electrons. The van der Waals surface area contributed by atoms with E-state index in [1.807, 2.05) is 44.2 Å². The van der Waals surface area contributed by atoms with Crippen molar-refractivity contribution in [1.29, 1.82) is 0 Å². The van der Waals surface area contributed by atoms with E-state index >= 15 is 0 Å². The van der Waals surface area contributed by atoms with Crippen LogP contribution in [0.2, 0.25) is 0 Å². The van der Waals surface area contributed by atoms with E-state index in [1.165, 1.54) is 16.3 Å². The summed E-state index contributed by atoms with van der Waals surface area (Å²) in [5, 5.41) is 14.1. The monoisotopic (exact) mass is 528 g/mol. The first-order valence-electron chi connectivity index (χ1n) is 13.7. The van der Waals surface area contributed by atoms with Gasteiger partial charge in [-0.25, -0.2) is 4.99 Å². The van der Waals surface area contributed by atoms with E-state index in [0.717, 1.165) is 37.1 Å². The Hall–Kier alpha value is -3.55. The molecular weight excluding hydrogens is 492 g/mol. The number of methoxy groups -OCH3 is 1. The number of aliphatic imine (C=N–C) groups is 1. The summed E-state index contributed by atoms with van der Waals surface area (Å²) >= 11 is 0. The van der Waals surface area contributed by atoms with Crippen LogP contribution in [-0.2, 0) is 4.74 Å². The van der Waals surface area contributed by atoms with Crippen LogP contribution in [0.25, 0.3) is 21.7 Å². The number of hydrogen-bond acceptors (Lipinski definition) is 7. The molecule has 1 aromatic heterocycles. The molecule has 4 aromatic rings. The van der Waals surface area contributed by atoms with Crippen LogP contribution in [0, 0.1) is 0 Å². The second-order valence-corrected chi connectivity index (χ2v) is 11.3. The third kappa shape index (κ3) is 5.60. The van der Waals surface area contributed by atoms with E-state index in [9.17, 15) is 5.11 Å². The fraction of sp³-hybridized carbons (Fsp3) is 0.406. The number of aliphatic hydroxyl groups excluding tert-OH is 1. The van der Waals surface area contributed by atoms with Crippen LogP contribution in [0.4, 0.5) is 0 Å². The highest BCUT2D eigenvalue weighted by Crippen LogP contribution is 2.33. The number of ether oxygens (including phenoxy) is 3. The predicted octanol–water partition coefficient (Wildman–Crippen LogP) is 5.77. The fourth-order valence-corrected chi connectivity index (χ4v) is 5.58. The summed E-state index contributed by atoms with van der Waals surface area (Å²) in [6.07, 6.45) is 1.58. The lowest BCUT2D eigenvalue weighted by Gasteiger charge is -2.33. The van der Waals surface area contributed by atoms with E-state index in [0.29, 0.717) is 42.1 Å². The maximum Gasteiger partial charge on any atom is 0.253 e. The molecule has 7 heteroatoms. The maximum atomic E-state index is 10.8. The van der Waals surface area contributed by atoms with E-state index in [-0.39, 0.29) is 12.1 Å². The van der Waals surface area contributed by atoms with E-state index in [1.54, 1.807) is 7.11 Å². The Morgan fingerprint density at radius 1 is 1.05 bits per heavy atom. The van der Waals surface area contributed by atoms with Gasteiger partial charge < -0.3 is 28.6 Å². The second kappa shape index (κ2) is 10.5. The van der Waals surface area contributed by atoms with Gasteiger partial charge in [-0.15, -0.1) is 0 Å². The number of hydrogen-bond donors (Lipinski definition) is 1. The lowest BCUT2D eigenvalue weighted by Crippen LogP contribution is -2.40. The van der Waals surface area contributed by atoms with Gasteiger partial charge in [0.2, 0.25) is 0 Å². The molecule has 2 aliphatic heterocycles. The number of β-amino-alcohol motifs (C(OH)–C–C–N with tert-alkyl or cyclic N) is 1. The van der Waals surface area contributed by atoms with Crippen LogP contribution < -0.4 is 9.47 Å². The van der Waals surface area contributed by atoms with Crippen LogP contribution in [-0.4, -0.2) is 67.5 Å². The Morgan fingerprint density at radius 2 is 1.85 bits per heavy atom. The number of nitrogens with zero attached hydrogens (tertiary/aromatic N) is 2. The van der Waals surface area contributed by atoms with Crippen LogP contribution in [0.15, 0.2) is 70.1 Å². The fourth-order valence-electron chi connectivity index (χ4n) is 5.58. The Balaban J connectivity index is 1.03. The van der Waals surface area contributed by atoms with Crippen molar-refractivity contribution in [2.24, 2.45) is 4.99 Å². The number of fused-ring (bicyclic) bond motifs is 2. The molecule has 6 rings (SSSR count). The Kier molecular flexibility index (Phi) is 6.95. The predicted molar refractivity (Wildman–Crippen MR) is 153 cm³/mol. The summed E-state index contributed by atoms with van der Waals surface area (Å²) in [6, 6.07) is 20.6. The molecule has 1 atom stereocenters. The number of piperidine rings is 1. The van der Waals surface area contributed by atoms with Crippen molar-refractivity contribution in [1.82, 2.24) is 4.90 Å². The largest absolute Gasteiger partial charge is 0.497 e. The normalized spacial score (nSPS) is 18.7. The zero-order valence-electron chi connectivity index (χ0n) is 22.9. The van der Waals surface area contributed by atoms with Gasteiger partial charge in [-0.3, -0.25) is 0 Å². The molecule has 0 bridgehead atoms. The Labute approximate surface area is 229 Å². The topological polar surface area (TPSA) is 76.7 Å². The first-order valence-corrected chi connectivity index (χ1v) is 13.7. The molecule has 0 aliphatic carbocycles. The molecule has 7 nitrogen and oxygen atoms in total. The van der Waals surface area contributed by atoms with Gasteiger partial charge in [0.15, 0.2) is 5.76 Å². The summed E-state index contributed by atoms with van der Waals surface area (Å²) in [4.78, 5) is 6.95. The molecule has 2 aliphatic rings. The molecule has 3 heterocycles. The number of furan rings is 1. The molecule has 0 amide bonds. The first kappa shape index (κ1) is 25.7. The SMILES string of the molecule is COc1ccc2cc(C3CCN(CC(O)COc4cccc5oc(C6=NC(C)(C)CO6)cc45)CC3)ccc2c1. The van der Waals surface area contributed by atoms with Crippen molar-refractivity contribution >= 4 is 27.6 Å². The van der Waals surface area contributed by atoms with Gasteiger partial charge in [-0.05, 0) is 86.3 Å². The van der Waals surface area contributed by atoms with E-state index in [4.69, 9.17) is 18.6 Å². The summed E-state index contributed by atoms with van der Waals surface area (Å²) < 4.78 is 23.1. The number of rotatable bonds is 8. The first-order chi connectivity index (χ1) is 18.9. The molecule has 3 aromatic carbocycles. The minimum Gasteiger partial charge on any atom is -0.497 e. The van der Waals surface area contributed by atoms with Gasteiger partial charge >= 0.3 is 0 Å². The smallest absolute Gasteiger partial charge is 0.253 e. The Morgan fingerprint density at radius 3 is 2.62 bits per heavy atom. The molecule has 39 heavy (non-hydrogen) atoms. The lowest BCUT2D eigenvalue weighted by molar-refractivity contribution is 0.0599. The van der Waals surface area contributed by atoms with Crippen LogP contribution >= 0.6 is 0 Å². The summed E-state index contributed by atoms with van der Waals surface area (Å²) in [6.45, 7) is 7.33. The van der Waals surface area contributed by atoms with Crippen LogP contribution in [0.1, 0.15) is 43.9 Å². The zero-order valence-corrected chi connectivity index (χ0v) is 22.9. The van der Waals surface area contributed by atoms with E-state index in [2.05, 4.69) is 40.2 Å². The highest BCUT2D eigenvalue weighted by molar-refractivity contribution is 5.98. The third-order valence-electron chi connectivity index (χ3n) is 7.73. The third-order valence-corrected chi connectivity index (χ3v) is 7.73. The average molecular weight is 529 g/mol. The molecule has 1 N–H and O–H groups in total. The average Bonchev–Trinajstić information content (AvgIpc) is 3.55. The number of aliphatic hydroxyl groups is 1. The molecular formula is C32H36N2O5. The quantitative estimate of drug-likeness (QED) is 0.313. The molecule has 1 saturated heterocycles. The van der Waals surface area contributed by atoms with Gasteiger partial charge in [0, 0.05) is 12.6 Å². The molecule has 1 fully saturated rings. The van der Waals surface area contributed by atoms with Gasteiger partial charge in [-0.1, -0.05) is 30.3 Å². The standard InChI is InChI=1S/C32H36N2O5/c1-32(2)20-38-31(33-32)30-17-27-28(5-4-6-29(27)39-30)37-19-25(35)18-34-13-11-21(12-14-34)22-7-8-24-16-26(36-3)10-9-23(24)15-22/h4-10,15-17,21,25,35H,11-14,18-20H2,1-3H3. The molecule has 0 saturated carbocycles. The summed E-state index contributed by atoms with van der Waals surface area (Å²) in [5.41, 5.74) is 1.85. The van der Waals surface area contributed by atoms with Crippen LogP contribution in [0.5, 0.6) is 11.5 Å². The Bertz CT molecular complexity index is 1500. The highest BCUT2D eigenvalue weighted by atomic mass is 16.5. The molecule has 1 unspecified atom stereocenters. The van der Waals surface area contributed by atoms with E-state index < -0.39 is 6.10 Å². The van der Waals surface area contributed by atoms with Gasteiger partial charge in [-0.2, -0.15) is 0 Å². The van der Waals surface area contributed by atoms with Crippen LogP contribution in [0.3, 0.4) is 0 Å². The van der Waals surface area contributed by atoms with Crippen molar-refractivity contribution in [3.63, 3.8) is 0 Å². The summed E-state index contributed by atoms with van der Waals surface area (Å²) in [7, 11) is 1.70. The second-order valence-electron chi connectivity index (χ2n) is 11.3. The van der Waals surface area contributed by atoms with Gasteiger partial charge in [0.25, 0.3) is 5.90 Å². The molecule has 0 spiro atoms. The van der Waals surface area contributed by atoms with Crippen molar-refractivity contribution in [2.75, 3.05) is 40.0 Å². The lowest BCUT2D eigenvalue weighted by atomic mass is 9.88. The summed E-state index contributed by atoms with van der Waals surface area (Å²) in [5.74, 6) is 3.23. The van der Waals surface area contributed by atoms with Crippen molar-refractivity contribution in [3.05, 3.63) is 72.0 Å². The van der Waals surface area contributed by atoms with Gasteiger partial charge in [0.1, 0.15) is 36.4 Å². The van der Waals surface area contributed by atoms with Crippen molar-refractivity contribution < 1.29 is 23.7 Å². The van der Waals surface area contributed by atoms with Crippen molar-refractivity contribution in [2.45, 2.75) is 44.2 Å².